The van der Waals surface area contributed by atoms with Gasteiger partial charge in [-0.1, -0.05) is 0 Å². The van der Waals surface area contributed by atoms with Gasteiger partial charge >= 0.3 is 5.97 Å². The van der Waals surface area contributed by atoms with E-state index in [-0.39, 0.29) is 6.61 Å². The molecule has 6 heteroatoms. The summed E-state index contributed by atoms with van der Waals surface area (Å²) in [7, 11) is 1.34. The summed E-state index contributed by atoms with van der Waals surface area (Å²) in [5, 5.41) is 8.77. The van der Waals surface area contributed by atoms with Gasteiger partial charge in [-0.2, -0.15) is 5.26 Å². The minimum absolute atomic E-state index is 0.258. The second-order valence-corrected chi connectivity index (χ2v) is 4.80. The van der Waals surface area contributed by atoms with Crippen LogP contribution < -0.4 is 4.74 Å². The van der Waals surface area contributed by atoms with Gasteiger partial charge < -0.3 is 13.9 Å². The highest BCUT2D eigenvalue weighted by atomic mass is 16.5. The molecule has 114 valence electrons. The second kappa shape index (κ2) is 6.20. The molecule has 0 saturated heterocycles. The van der Waals surface area contributed by atoms with Crippen LogP contribution in [0.3, 0.4) is 0 Å². The number of hydrogen-bond acceptors (Lipinski definition) is 5. The molecule has 0 bridgehead atoms. The summed E-state index contributed by atoms with van der Waals surface area (Å²) in [6, 6.07) is 12.3. The molecule has 0 atom stereocenters. The van der Waals surface area contributed by atoms with Crippen molar-refractivity contribution >= 4 is 11.6 Å². The van der Waals surface area contributed by atoms with Crippen LogP contribution in [0.2, 0.25) is 0 Å². The molecule has 0 fully saturated rings. The van der Waals surface area contributed by atoms with Crippen LogP contribution in [0, 0.1) is 11.3 Å². The Labute approximate surface area is 132 Å². The molecule has 3 rings (SSSR count). The lowest BCUT2D eigenvalue weighted by molar-refractivity contribution is 0.0602. The van der Waals surface area contributed by atoms with Crippen LogP contribution in [0.1, 0.15) is 21.6 Å². The maximum atomic E-state index is 11.7. The monoisotopic (exact) mass is 307 g/mol. The molecule has 0 aliphatic carbocycles. The molecule has 6 nitrogen and oxygen atoms in total. The fourth-order valence-electron chi connectivity index (χ4n) is 2.19. The number of hydrogen-bond donors (Lipinski definition) is 0. The standard InChI is InChI=1S/C17H13N3O3/c1-22-17(21)15-3-2-8-20-10-13(19-16(15)20)11-23-14-6-4-12(9-18)5-7-14/h2-8,10H,11H2,1H3. The van der Waals surface area contributed by atoms with Gasteiger partial charge in [0.05, 0.1) is 24.4 Å². The number of nitrogens with zero attached hydrogens (tertiary/aromatic N) is 3. The lowest BCUT2D eigenvalue weighted by Gasteiger charge is -2.03. The van der Waals surface area contributed by atoms with Crippen LogP contribution in [0.4, 0.5) is 0 Å². The van der Waals surface area contributed by atoms with Gasteiger partial charge in [0.15, 0.2) is 5.65 Å². The van der Waals surface area contributed by atoms with E-state index in [0.717, 1.165) is 0 Å². The summed E-state index contributed by atoms with van der Waals surface area (Å²) in [5.74, 6) is 0.218. The quantitative estimate of drug-likeness (QED) is 0.692. The first-order valence-electron chi connectivity index (χ1n) is 6.89. The Bertz CT molecular complexity index is 892. The van der Waals surface area contributed by atoms with Gasteiger partial charge in [0, 0.05) is 12.4 Å². The molecule has 0 saturated carbocycles. The van der Waals surface area contributed by atoms with Crippen molar-refractivity contribution in [3.63, 3.8) is 0 Å². The number of fused-ring (bicyclic) bond motifs is 1. The predicted octanol–water partition coefficient (Wildman–Crippen LogP) is 2.57. The van der Waals surface area contributed by atoms with Crippen molar-refractivity contribution in [2.45, 2.75) is 6.61 Å². The average Bonchev–Trinajstić information content (AvgIpc) is 3.02. The van der Waals surface area contributed by atoms with E-state index in [2.05, 4.69) is 11.1 Å². The first kappa shape index (κ1) is 14.6. The zero-order valence-electron chi connectivity index (χ0n) is 12.4. The summed E-state index contributed by atoms with van der Waals surface area (Å²) in [5.41, 5.74) is 2.19. The number of rotatable bonds is 4. The van der Waals surface area contributed by atoms with E-state index in [1.54, 1.807) is 53.2 Å². The highest BCUT2D eigenvalue weighted by Crippen LogP contribution is 2.16. The number of esters is 1. The molecule has 2 heterocycles. The first-order valence-corrected chi connectivity index (χ1v) is 6.89. The number of carbonyl (C=O) groups excluding carboxylic acids is 1. The lowest BCUT2D eigenvalue weighted by atomic mass is 10.2. The third-order valence-electron chi connectivity index (χ3n) is 3.31. The number of imidazole rings is 1. The molecular weight excluding hydrogens is 294 g/mol. The predicted molar refractivity (Wildman–Crippen MR) is 82.0 cm³/mol. The first-order chi connectivity index (χ1) is 11.2. The second-order valence-electron chi connectivity index (χ2n) is 4.80. The van der Waals surface area contributed by atoms with E-state index in [1.807, 2.05) is 0 Å². The highest BCUT2D eigenvalue weighted by molar-refractivity contribution is 5.95. The van der Waals surface area contributed by atoms with Gasteiger partial charge in [-0.15, -0.1) is 0 Å². The summed E-state index contributed by atoms with van der Waals surface area (Å²) >= 11 is 0. The fraction of sp³-hybridized carbons (Fsp3) is 0.118. The number of pyridine rings is 1. The molecule has 0 spiro atoms. The summed E-state index contributed by atoms with van der Waals surface area (Å²) in [6.45, 7) is 0.258. The van der Waals surface area contributed by atoms with Crippen LogP contribution in [-0.2, 0) is 11.3 Å². The molecule has 0 unspecified atom stereocenters. The van der Waals surface area contributed by atoms with Crippen molar-refractivity contribution in [3.8, 4) is 11.8 Å². The van der Waals surface area contributed by atoms with Crippen LogP contribution >= 0.6 is 0 Å². The van der Waals surface area contributed by atoms with E-state index in [1.165, 1.54) is 7.11 Å². The van der Waals surface area contributed by atoms with Crippen LogP contribution in [-0.4, -0.2) is 22.5 Å². The number of carbonyl (C=O) groups is 1. The summed E-state index contributed by atoms with van der Waals surface area (Å²) < 4.78 is 12.2. The molecule has 0 radical (unpaired) electrons. The lowest BCUT2D eigenvalue weighted by Crippen LogP contribution is -2.03. The maximum Gasteiger partial charge on any atom is 0.341 e. The molecule has 23 heavy (non-hydrogen) atoms. The van der Waals surface area contributed by atoms with Gasteiger partial charge in [-0.05, 0) is 36.4 Å². The Balaban J connectivity index is 1.80. The Morgan fingerprint density at radius 3 is 2.78 bits per heavy atom. The van der Waals surface area contributed by atoms with E-state index < -0.39 is 5.97 Å². The van der Waals surface area contributed by atoms with Gasteiger partial charge in [-0.3, -0.25) is 0 Å². The van der Waals surface area contributed by atoms with E-state index >= 15 is 0 Å². The molecule has 0 aliphatic rings. The number of methoxy groups -OCH3 is 1. The number of nitriles is 1. The maximum absolute atomic E-state index is 11.7. The van der Waals surface area contributed by atoms with Gasteiger partial charge in [0.25, 0.3) is 0 Å². The highest BCUT2D eigenvalue weighted by Gasteiger charge is 2.13. The minimum Gasteiger partial charge on any atom is -0.487 e. The molecule has 0 N–H and O–H groups in total. The van der Waals surface area contributed by atoms with E-state index in [0.29, 0.717) is 28.2 Å². The Morgan fingerprint density at radius 2 is 2.09 bits per heavy atom. The van der Waals surface area contributed by atoms with Crippen LogP contribution in [0.15, 0.2) is 48.8 Å². The van der Waals surface area contributed by atoms with Crippen molar-refractivity contribution in [3.05, 3.63) is 65.6 Å². The molecule has 2 aromatic heterocycles. The fourth-order valence-corrected chi connectivity index (χ4v) is 2.19. The molecule has 0 amide bonds. The van der Waals surface area contributed by atoms with Gasteiger partial charge in [0.1, 0.15) is 17.9 Å². The van der Waals surface area contributed by atoms with Gasteiger partial charge in [-0.25, -0.2) is 9.78 Å². The minimum atomic E-state index is -0.430. The SMILES string of the molecule is COC(=O)c1cccn2cc(COc3ccc(C#N)cc3)nc12. The average molecular weight is 307 g/mol. The third-order valence-corrected chi connectivity index (χ3v) is 3.31. The van der Waals surface area contributed by atoms with Crippen molar-refractivity contribution in [1.82, 2.24) is 9.38 Å². The van der Waals surface area contributed by atoms with Crippen molar-refractivity contribution in [2.75, 3.05) is 7.11 Å². The summed E-state index contributed by atoms with van der Waals surface area (Å²) in [6.07, 6.45) is 3.60. The molecule has 3 aromatic rings. The Morgan fingerprint density at radius 1 is 1.30 bits per heavy atom. The Kier molecular flexibility index (Phi) is 3.93. The van der Waals surface area contributed by atoms with Crippen molar-refractivity contribution in [1.29, 1.82) is 5.26 Å². The largest absolute Gasteiger partial charge is 0.487 e. The zero-order chi connectivity index (χ0) is 16.2. The van der Waals surface area contributed by atoms with Crippen LogP contribution in [0.25, 0.3) is 5.65 Å². The van der Waals surface area contributed by atoms with Crippen LogP contribution in [0.5, 0.6) is 5.75 Å². The normalized spacial score (nSPS) is 10.3. The number of aromatic nitrogens is 2. The van der Waals surface area contributed by atoms with E-state index in [4.69, 9.17) is 14.7 Å². The van der Waals surface area contributed by atoms with Crippen molar-refractivity contribution < 1.29 is 14.3 Å². The smallest absolute Gasteiger partial charge is 0.341 e. The topological polar surface area (TPSA) is 76.6 Å². The van der Waals surface area contributed by atoms with E-state index in [9.17, 15) is 4.79 Å². The molecule has 1 aromatic carbocycles. The molecule has 0 aliphatic heterocycles. The third kappa shape index (κ3) is 2.99. The Hall–Kier alpha value is -3.33. The van der Waals surface area contributed by atoms with Crippen molar-refractivity contribution in [2.24, 2.45) is 0 Å². The number of ether oxygens (including phenoxy) is 2. The molecular formula is C17H13N3O3. The number of benzene rings is 1. The summed E-state index contributed by atoms with van der Waals surface area (Å²) in [4.78, 5) is 16.2. The van der Waals surface area contributed by atoms with Gasteiger partial charge in [0.2, 0.25) is 0 Å². The zero-order valence-corrected chi connectivity index (χ0v) is 12.4.